The number of hydrogen-bond donors (Lipinski definition) is 1. The summed E-state index contributed by atoms with van der Waals surface area (Å²) in [5.74, 6) is -0.564. The van der Waals surface area contributed by atoms with Crippen LogP contribution in [0.25, 0.3) is 11.2 Å². The van der Waals surface area contributed by atoms with Crippen LogP contribution in [0.1, 0.15) is 6.92 Å². The number of anilines is 1. The van der Waals surface area contributed by atoms with Gasteiger partial charge in [-0.25, -0.2) is 9.37 Å². The molecule has 0 fully saturated rings. The molecule has 5 nitrogen and oxygen atoms in total. The second kappa shape index (κ2) is 6.15. The normalized spacial score (nSPS) is 12.3. The van der Waals surface area contributed by atoms with Crippen molar-refractivity contribution in [3.63, 3.8) is 0 Å². The second-order valence-electron chi connectivity index (χ2n) is 4.56. The number of hydrogen-bond acceptors (Lipinski definition) is 5. The van der Waals surface area contributed by atoms with Crippen molar-refractivity contribution in [2.75, 3.05) is 5.32 Å². The molecule has 22 heavy (non-hydrogen) atoms. The first-order valence-electron chi connectivity index (χ1n) is 6.56. The van der Waals surface area contributed by atoms with Gasteiger partial charge < -0.3 is 9.73 Å². The summed E-state index contributed by atoms with van der Waals surface area (Å²) in [4.78, 5) is 20.4. The van der Waals surface area contributed by atoms with E-state index in [1.165, 1.54) is 36.0 Å². The fourth-order valence-electron chi connectivity index (χ4n) is 1.78. The number of nitrogens with zero attached hydrogens (tertiary/aromatic N) is 2. The van der Waals surface area contributed by atoms with Crippen molar-refractivity contribution in [2.45, 2.75) is 17.4 Å². The molecule has 0 radical (unpaired) electrons. The van der Waals surface area contributed by atoms with Crippen LogP contribution in [0.15, 0.2) is 52.2 Å². The smallest absolute Gasteiger partial charge is 0.259 e. The number of amides is 1. The fraction of sp³-hybridized carbons (Fsp3) is 0.133. The Morgan fingerprint density at radius 3 is 2.82 bits per heavy atom. The van der Waals surface area contributed by atoms with Crippen LogP contribution >= 0.6 is 11.8 Å². The molecule has 0 bridgehead atoms. The average molecular weight is 317 g/mol. The van der Waals surface area contributed by atoms with E-state index in [1.807, 2.05) is 0 Å². The van der Waals surface area contributed by atoms with Crippen LogP contribution in [0, 0.1) is 5.82 Å². The van der Waals surface area contributed by atoms with E-state index in [1.54, 1.807) is 25.3 Å². The minimum Gasteiger partial charge on any atom is -0.430 e. The lowest BCUT2D eigenvalue weighted by molar-refractivity contribution is -0.115. The summed E-state index contributed by atoms with van der Waals surface area (Å²) in [5.41, 5.74) is 1.63. The van der Waals surface area contributed by atoms with E-state index in [0.29, 0.717) is 22.1 Å². The van der Waals surface area contributed by atoms with Gasteiger partial charge in [-0.15, -0.1) is 0 Å². The minimum absolute atomic E-state index is 0.216. The van der Waals surface area contributed by atoms with Gasteiger partial charge in [0.2, 0.25) is 5.91 Å². The topological polar surface area (TPSA) is 68.0 Å². The van der Waals surface area contributed by atoms with Gasteiger partial charge in [0.1, 0.15) is 5.82 Å². The quantitative estimate of drug-likeness (QED) is 0.746. The number of benzene rings is 1. The zero-order valence-electron chi connectivity index (χ0n) is 11.6. The van der Waals surface area contributed by atoms with Crippen molar-refractivity contribution in [1.29, 1.82) is 0 Å². The third-order valence-corrected chi connectivity index (χ3v) is 3.85. The summed E-state index contributed by atoms with van der Waals surface area (Å²) < 4.78 is 18.3. The van der Waals surface area contributed by atoms with Crippen LogP contribution in [-0.2, 0) is 4.79 Å². The number of halogens is 1. The number of pyridine rings is 1. The first-order chi connectivity index (χ1) is 10.6. The number of fused-ring (bicyclic) bond motifs is 1. The zero-order chi connectivity index (χ0) is 15.5. The first-order valence-corrected chi connectivity index (χ1v) is 7.44. The van der Waals surface area contributed by atoms with Crippen LogP contribution in [0.4, 0.5) is 10.1 Å². The van der Waals surface area contributed by atoms with E-state index >= 15 is 0 Å². The first kappa shape index (κ1) is 14.5. The molecule has 0 unspecified atom stereocenters. The maximum atomic E-state index is 12.8. The lowest BCUT2D eigenvalue weighted by Crippen LogP contribution is -2.22. The van der Waals surface area contributed by atoms with Crippen molar-refractivity contribution < 1.29 is 13.6 Å². The van der Waals surface area contributed by atoms with Gasteiger partial charge in [-0.05, 0) is 43.3 Å². The summed E-state index contributed by atoms with van der Waals surface area (Å²) in [6, 6.07) is 9.12. The van der Waals surface area contributed by atoms with E-state index < -0.39 is 5.25 Å². The molecule has 1 amide bonds. The highest BCUT2D eigenvalue weighted by Crippen LogP contribution is 2.26. The number of nitrogens with one attached hydrogen (secondary N) is 1. The Labute approximate surface area is 129 Å². The fourth-order valence-corrected chi connectivity index (χ4v) is 2.53. The van der Waals surface area contributed by atoms with Gasteiger partial charge in [0, 0.05) is 11.9 Å². The molecule has 0 aliphatic rings. The molecule has 112 valence electrons. The number of aromatic nitrogens is 2. The minimum atomic E-state index is -0.418. The predicted octanol–water partition coefficient (Wildman–Crippen LogP) is 3.48. The standard InChI is InChI=1S/C15H12FN3O2S/c1-9(14(20)18-11-6-4-10(16)5-7-11)22-15-19-13-12(21-15)3-2-8-17-13/h2-9H,1H3,(H,18,20)/t9-/m1/s1. The maximum absolute atomic E-state index is 12.8. The van der Waals surface area contributed by atoms with Crippen molar-refractivity contribution in [2.24, 2.45) is 0 Å². The molecular formula is C15H12FN3O2S. The molecule has 1 atom stereocenters. The van der Waals surface area contributed by atoms with Crippen molar-refractivity contribution in [3.8, 4) is 0 Å². The Hall–Kier alpha value is -2.41. The molecule has 1 N–H and O–H groups in total. The molecule has 2 heterocycles. The second-order valence-corrected chi connectivity index (χ2v) is 5.85. The van der Waals surface area contributed by atoms with Crippen LogP contribution < -0.4 is 5.32 Å². The highest BCUT2D eigenvalue weighted by molar-refractivity contribution is 8.00. The maximum Gasteiger partial charge on any atom is 0.259 e. The van der Waals surface area contributed by atoms with Crippen molar-refractivity contribution in [3.05, 3.63) is 48.4 Å². The summed E-state index contributed by atoms with van der Waals surface area (Å²) in [6.45, 7) is 1.74. The van der Waals surface area contributed by atoms with E-state index in [4.69, 9.17) is 4.42 Å². The van der Waals surface area contributed by atoms with Gasteiger partial charge in [0.25, 0.3) is 5.22 Å². The average Bonchev–Trinajstić information content (AvgIpc) is 2.91. The number of oxazole rings is 1. The Bertz CT molecular complexity index is 771. The van der Waals surface area contributed by atoms with Crippen LogP contribution in [0.5, 0.6) is 0 Å². The van der Waals surface area contributed by atoms with Crippen molar-refractivity contribution >= 4 is 34.6 Å². The van der Waals surface area contributed by atoms with Crippen LogP contribution in [0.3, 0.4) is 0 Å². The summed E-state index contributed by atoms with van der Waals surface area (Å²) >= 11 is 1.20. The molecule has 0 aliphatic heterocycles. The number of carbonyl (C=O) groups is 1. The van der Waals surface area contributed by atoms with Gasteiger partial charge in [-0.1, -0.05) is 11.8 Å². The van der Waals surface area contributed by atoms with E-state index in [0.717, 1.165) is 0 Å². The zero-order valence-corrected chi connectivity index (χ0v) is 12.4. The van der Waals surface area contributed by atoms with Crippen LogP contribution in [0.2, 0.25) is 0 Å². The largest absolute Gasteiger partial charge is 0.430 e. The van der Waals surface area contributed by atoms with Gasteiger partial charge >= 0.3 is 0 Å². The van der Waals surface area contributed by atoms with Gasteiger partial charge in [-0.2, -0.15) is 4.98 Å². The Balaban J connectivity index is 1.66. The molecule has 0 saturated carbocycles. The third-order valence-electron chi connectivity index (χ3n) is 2.90. The van der Waals surface area contributed by atoms with Crippen LogP contribution in [-0.4, -0.2) is 21.1 Å². The van der Waals surface area contributed by atoms with Gasteiger partial charge in [-0.3, -0.25) is 4.79 Å². The van der Waals surface area contributed by atoms with E-state index in [2.05, 4.69) is 15.3 Å². The van der Waals surface area contributed by atoms with Gasteiger partial charge in [0.15, 0.2) is 11.2 Å². The van der Waals surface area contributed by atoms with Gasteiger partial charge in [0.05, 0.1) is 5.25 Å². The molecule has 7 heteroatoms. The highest BCUT2D eigenvalue weighted by atomic mass is 32.2. The molecular weight excluding hydrogens is 305 g/mol. The highest BCUT2D eigenvalue weighted by Gasteiger charge is 2.18. The Morgan fingerprint density at radius 1 is 1.32 bits per heavy atom. The summed E-state index contributed by atoms with van der Waals surface area (Å²) in [6.07, 6.45) is 1.63. The van der Waals surface area contributed by atoms with E-state index in [9.17, 15) is 9.18 Å². The molecule has 2 aromatic heterocycles. The molecule has 0 saturated heterocycles. The summed E-state index contributed by atoms with van der Waals surface area (Å²) in [7, 11) is 0. The monoisotopic (exact) mass is 317 g/mol. The number of thioether (sulfide) groups is 1. The number of rotatable bonds is 4. The Kier molecular flexibility index (Phi) is 4.06. The third kappa shape index (κ3) is 3.25. The predicted molar refractivity (Wildman–Crippen MR) is 82.2 cm³/mol. The molecule has 3 rings (SSSR count). The Morgan fingerprint density at radius 2 is 2.09 bits per heavy atom. The molecule has 3 aromatic rings. The molecule has 1 aromatic carbocycles. The number of carbonyl (C=O) groups excluding carboxylic acids is 1. The molecule has 0 aliphatic carbocycles. The SMILES string of the molecule is C[C@@H](Sc1nc2ncccc2o1)C(=O)Nc1ccc(F)cc1. The van der Waals surface area contributed by atoms with E-state index in [-0.39, 0.29) is 11.7 Å². The lowest BCUT2D eigenvalue weighted by atomic mass is 10.3. The molecule has 0 spiro atoms. The lowest BCUT2D eigenvalue weighted by Gasteiger charge is -2.09. The summed E-state index contributed by atoms with van der Waals surface area (Å²) in [5, 5.41) is 2.68. The van der Waals surface area contributed by atoms with Crippen molar-refractivity contribution in [1.82, 2.24) is 9.97 Å².